The molecule has 13 aromatic rings. The van der Waals surface area contributed by atoms with Crippen molar-refractivity contribution in [3.05, 3.63) is 212 Å². The zero-order chi connectivity index (χ0) is 40.7. The van der Waals surface area contributed by atoms with Crippen LogP contribution in [0.4, 0.5) is 0 Å². The number of benzene rings is 9. The third-order valence-corrected chi connectivity index (χ3v) is 13.8. The van der Waals surface area contributed by atoms with E-state index in [4.69, 9.17) is 9.97 Å². The number of fused-ring (bicyclic) bond motifs is 9. The van der Waals surface area contributed by atoms with Crippen LogP contribution in [0.3, 0.4) is 0 Å². The fourth-order valence-corrected chi connectivity index (χ4v) is 10.8. The van der Waals surface area contributed by atoms with Crippen molar-refractivity contribution in [2.24, 2.45) is 0 Å². The lowest BCUT2D eigenvalue weighted by Gasteiger charge is -2.11. The van der Waals surface area contributed by atoms with E-state index >= 15 is 0 Å². The first-order valence-corrected chi connectivity index (χ1v) is 21.9. The monoisotopic (exact) mass is 805 g/mol. The molecule has 0 saturated heterocycles. The number of hydrogen-bond donors (Lipinski definition) is 0. The van der Waals surface area contributed by atoms with Crippen molar-refractivity contribution in [1.82, 2.24) is 14.4 Å². The molecule has 0 aliphatic rings. The van der Waals surface area contributed by atoms with Crippen LogP contribution >= 0.6 is 11.3 Å². The summed E-state index contributed by atoms with van der Waals surface area (Å²) in [5.74, 6) is 0.714. The predicted octanol–water partition coefficient (Wildman–Crippen LogP) is 16.0. The third-order valence-electron chi connectivity index (χ3n) is 12.5. The Kier molecular flexibility index (Phi) is 7.78. The van der Waals surface area contributed by atoms with Crippen LogP contribution in [-0.2, 0) is 0 Å². The van der Waals surface area contributed by atoms with Gasteiger partial charge in [-0.25, -0.2) is 9.97 Å². The van der Waals surface area contributed by atoms with E-state index in [1.165, 1.54) is 80.5 Å². The number of hydrogen-bond acceptors (Lipinski definition) is 3. The fourth-order valence-electron chi connectivity index (χ4n) is 9.60. The van der Waals surface area contributed by atoms with Crippen LogP contribution in [0.25, 0.3) is 126 Å². The molecule has 0 unspecified atom stereocenters. The van der Waals surface area contributed by atoms with Crippen LogP contribution in [0, 0.1) is 0 Å². The summed E-state index contributed by atoms with van der Waals surface area (Å²) in [4.78, 5) is 10.1. The maximum atomic E-state index is 5.11. The number of thiophene rings is 1. The summed E-state index contributed by atoms with van der Waals surface area (Å²) >= 11 is 1.89. The van der Waals surface area contributed by atoms with E-state index in [0.717, 1.165) is 39.2 Å². The molecule has 0 saturated carbocycles. The van der Waals surface area contributed by atoms with Gasteiger partial charge in [0.2, 0.25) is 0 Å². The molecule has 0 fully saturated rings. The van der Waals surface area contributed by atoms with E-state index < -0.39 is 0 Å². The van der Waals surface area contributed by atoms with Gasteiger partial charge in [0.1, 0.15) is 0 Å². The van der Waals surface area contributed by atoms with Crippen LogP contribution in [0.5, 0.6) is 0 Å². The minimum atomic E-state index is 0.714. The van der Waals surface area contributed by atoms with Crippen LogP contribution in [0.2, 0.25) is 0 Å². The molecule has 4 aromatic heterocycles. The molecule has 0 bridgehead atoms. The zero-order valence-corrected chi connectivity index (χ0v) is 34.3. The van der Waals surface area contributed by atoms with Crippen molar-refractivity contribution in [2.75, 3.05) is 0 Å². The number of aromatic nitrogens is 3. The molecule has 288 valence electrons. The highest BCUT2D eigenvalue weighted by Gasteiger charge is 2.20. The van der Waals surface area contributed by atoms with Gasteiger partial charge in [-0.15, -0.1) is 11.3 Å². The maximum Gasteiger partial charge on any atom is 0.160 e. The molecule has 0 atom stereocenters. The lowest BCUT2D eigenvalue weighted by atomic mass is 9.96. The first-order valence-electron chi connectivity index (χ1n) is 21.1. The van der Waals surface area contributed by atoms with Crippen molar-refractivity contribution >= 4 is 69.6 Å². The van der Waals surface area contributed by atoms with Crippen molar-refractivity contribution in [1.29, 1.82) is 0 Å². The van der Waals surface area contributed by atoms with Crippen molar-refractivity contribution < 1.29 is 0 Å². The van der Waals surface area contributed by atoms with E-state index in [9.17, 15) is 0 Å². The Morgan fingerprint density at radius 3 is 1.55 bits per heavy atom. The van der Waals surface area contributed by atoms with Gasteiger partial charge in [0, 0.05) is 58.4 Å². The SMILES string of the molecule is c1ccc(-c2cc(-c3cccc(-c4cccc(-c5ccc6c7cccc8c9ccc(-c%10cccc%11c%10sc%10ccccc%10%11)cc9n(c6c5)c78)c4)c3)nc(-c3ccccc3)n2)cc1. The van der Waals surface area contributed by atoms with Gasteiger partial charge in [-0.3, -0.25) is 0 Å². The summed E-state index contributed by atoms with van der Waals surface area (Å²) in [7, 11) is 0. The van der Waals surface area contributed by atoms with Gasteiger partial charge < -0.3 is 4.40 Å². The molecular formula is C58H35N3S. The maximum absolute atomic E-state index is 5.11. The van der Waals surface area contributed by atoms with Gasteiger partial charge >= 0.3 is 0 Å². The highest BCUT2D eigenvalue weighted by atomic mass is 32.1. The summed E-state index contributed by atoms with van der Waals surface area (Å²) in [5.41, 5.74) is 15.8. The first-order chi connectivity index (χ1) is 30.7. The Hall–Kier alpha value is -7.92. The average molecular weight is 806 g/mol. The Balaban J connectivity index is 0.923. The number of rotatable bonds is 6. The smallest absolute Gasteiger partial charge is 0.160 e. The summed E-state index contributed by atoms with van der Waals surface area (Å²) in [6, 6.07) is 76.7. The Labute approximate surface area is 361 Å². The van der Waals surface area contributed by atoms with Crippen LogP contribution in [-0.4, -0.2) is 14.4 Å². The van der Waals surface area contributed by atoms with Crippen molar-refractivity contribution in [2.45, 2.75) is 0 Å². The highest BCUT2D eigenvalue weighted by Crippen LogP contribution is 2.44. The molecule has 0 spiro atoms. The van der Waals surface area contributed by atoms with Crippen LogP contribution < -0.4 is 0 Å². The van der Waals surface area contributed by atoms with E-state index in [-0.39, 0.29) is 0 Å². The lowest BCUT2D eigenvalue weighted by molar-refractivity contribution is 1.18. The van der Waals surface area contributed by atoms with Gasteiger partial charge in [-0.05, 0) is 69.8 Å². The molecule has 0 aliphatic heterocycles. The zero-order valence-electron chi connectivity index (χ0n) is 33.5. The van der Waals surface area contributed by atoms with Gasteiger partial charge in [-0.1, -0.05) is 176 Å². The Bertz CT molecular complexity index is 3800. The molecular weight excluding hydrogens is 771 g/mol. The summed E-state index contributed by atoms with van der Waals surface area (Å²) in [6.45, 7) is 0. The van der Waals surface area contributed by atoms with E-state index in [1.54, 1.807) is 0 Å². The summed E-state index contributed by atoms with van der Waals surface area (Å²) in [5, 5.41) is 7.77. The second-order valence-electron chi connectivity index (χ2n) is 16.1. The van der Waals surface area contributed by atoms with Crippen molar-refractivity contribution in [3.8, 4) is 67.3 Å². The molecule has 4 heterocycles. The number of para-hydroxylation sites is 1. The first kappa shape index (κ1) is 34.9. The molecule has 0 N–H and O–H groups in total. The predicted molar refractivity (Wildman–Crippen MR) is 262 cm³/mol. The van der Waals surface area contributed by atoms with Gasteiger partial charge in [0.25, 0.3) is 0 Å². The molecule has 0 amide bonds. The summed E-state index contributed by atoms with van der Waals surface area (Å²) < 4.78 is 5.17. The normalized spacial score (nSPS) is 11.9. The van der Waals surface area contributed by atoms with E-state index in [2.05, 4.69) is 192 Å². The van der Waals surface area contributed by atoms with Gasteiger partial charge in [-0.2, -0.15) is 0 Å². The quantitative estimate of drug-likeness (QED) is 0.168. The molecule has 62 heavy (non-hydrogen) atoms. The standard InChI is InChI=1S/C58H35N3S/c1-3-13-36(14-4-1)51-35-52(60-58(59-51)37-15-5-2-6-16-37)43-20-10-19-40(32-43)38-17-9-18-39(31-38)41-27-29-45-48-23-12-24-49-46-30-28-42(34-54(46)61(56(48)49)53(45)33-41)44-22-11-25-50-47-21-7-8-26-55(47)62-57(44)50/h1-35H. The molecule has 0 aliphatic carbocycles. The van der Waals surface area contributed by atoms with Crippen LogP contribution in [0.15, 0.2) is 212 Å². The average Bonchev–Trinajstić information content (AvgIpc) is 4.01. The number of nitrogens with zero attached hydrogens (tertiary/aromatic N) is 3. The molecule has 13 rings (SSSR count). The largest absolute Gasteiger partial charge is 0.308 e. The Morgan fingerprint density at radius 1 is 0.323 bits per heavy atom. The molecule has 4 heteroatoms. The molecule has 3 nitrogen and oxygen atoms in total. The minimum absolute atomic E-state index is 0.714. The van der Waals surface area contributed by atoms with Gasteiger partial charge in [0.15, 0.2) is 5.82 Å². The second kappa shape index (κ2) is 13.8. The molecule has 9 aromatic carbocycles. The van der Waals surface area contributed by atoms with E-state index in [1.807, 2.05) is 35.6 Å². The van der Waals surface area contributed by atoms with Crippen LogP contribution in [0.1, 0.15) is 0 Å². The fraction of sp³-hybridized carbons (Fsp3) is 0. The lowest BCUT2D eigenvalue weighted by Crippen LogP contribution is -1.96. The van der Waals surface area contributed by atoms with Crippen molar-refractivity contribution in [3.63, 3.8) is 0 Å². The summed E-state index contributed by atoms with van der Waals surface area (Å²) in [6.07, 6.45) is 0. The second-order valence-corrected chi connectivity index (χ2v) is 17.2. The minimum Gasteiger partial charge on any atom is -0.308 e. The topological polar surface area (TPSA) is 30.2 Å². The highest BCUT2D eigenvalue weighted by molar-refractivity contribution is 7.26. The third kappa shape index (κ3) is 5.51. The molecule has 0 radical (unpaired) electrons. The van der Waals surface area contributed by atoms with Gasteiger partial charge in [0.05, 0.1) is 27.9 Å². The van der Waals surface area contributed by atoms with E-state index in [0.29, 0.717) is 5.82 Å². The Morgan fingerprint density at radius 2 is 0.823 bits per heavy atom.